The summed E-state index contributed by atoms with van der Waals surface area (Å²) in [7, 11) is -1.72. The smallest absolute Gasteiger partial charge is 0.252 e. The minimum Gasteiger partial charge on any atom is -0.392 e. The first-order valence-electron chi connectivity index (χ1n) is 6.22. The molecular weight excluding hydrogens is 270 g/mol. The molecule has 1 aromatic heterocycles. The third kappa shape index (κ3) is 2.77. The molecule has 1 aliphatic carbocycles. The minimum atomic E-state index is -3.39. The van der Waals surface area contributed by atoms with Crippen LogP contribution in [0.15, 0.2) is 15.7 Å². The summed E-state index contributed by atoms with van der Waals surface area (Å²) < 4.78 is 26.7. The summed E-state index contributed by atoms with van der Waals surface area (Å²) in [5, 5.41) is 10.7. The average molecular weight is 289 g/mol. The van der Waals surface area contributed by atoms with E-state index >= 15 is 0 Å². The Hall–Kier alpha value is -0.430. The van der Waals surface area contributed by atoms with Crippen LogP contribution in [0.3, 0.4) is 0 Å². The van der Waals surface area contributed by atoms with Gasteiger partial charge < -0.3 is 5.11 Å². The van der Waals surface area contributed by atoms with Crippen molar-refractivity contribution in [3.05, 3.63) is 17.0 Å². The van der Waals surface area contributed by atoms with Gasteiger partial charge in [0.25, 0.3) is 10.0 Å². The zero-order chi connectivity index (χ0) is 13.2. The SMILES string of the molecule is CN(C1CCCCC1)S(=O)(=O)c1cc(CO)cs1. The van der Waals surface area contributed by atoms with Crippen LogP contribution >= 0.6 is 11.3 Å². The van der Waals surface area contributed by atoms with Crippen LogP contribution in [0.4, 0.5) is 0 Å². The highest BCUT2D eigenvalue weighted by Crippen LogP contribution is 2.29. The van der Waals surface area contributed by atoms with E-state index < -0.39 is 10.0 Å². The highest BCUT2D eigenvalue weighted by Gasteiger charge is 2.29. The van der Waals surface area contributed by atoms with E-state index in [1.54, 1.807) is 18.5 Å². The van der Waals surface area contributed by atoms with Gasteiger partial charge in [0, 0.05) is 13.1 Å². The van der Waals surface area contributed by atoms with E-state index in [1.807, 2.05) is 0 Å². The molecule has 0 spiro atoms. The van der Waals surface area contributed by atoms with Gasteiger partial charge in [-0.05, 0) is 29.9 Å². The Morgan fingerprint density at radius 2 is 2.06 bits per heavy atom. The summed E-state index contributed by atoms with van der Waals surface area (Å²) in [6.45, 7) is -0.112. The van der Waals surface area contributed by atoms with Crippen LogP contribution in [0, 0.1) is 0 Å². The zero-order valence-electron chi connectivity index (χ0n) is 10.5. The van der Waals surface area contributed by atoms with Gasteiger partial charge in [0.2, 0.25) is 0 Å². The lowest BCUT2D eigenvalue weighted by atomic mass is 9.96. The number of aliphatic hydroxyl groups excluding tert-OH is 1. The van der Waals surface area contributed by atoms with Crippen molar-refractivity contribution in [2.75, 3.05) is 7.05 Å². The van der Waals surface area contributed by atoms with E-state index in [-0.39, 0.29) is 12.6 Å². The molecule has 0 atom stereocenters. The molecule has 1 saturated carbocycles. The number of thiophene rings is 1. The quantitative estimate of drug-likeness (QED) is 0.924. The largest absolute Gasteiger partial charge is 0.392 e. The predicted octanol–water partition coefficient (Wildman–Crippen LogP) is 2.19. The van der Waals surface area contributed by atoms with Gasteiger partial charge in [0.1, 0.15) is 4.21 Å². The molecule has 18 heavy (non-hydrogen) atoms. The van der Waals surface area contributed by atoms with Crippen LogP contribution in [0.25, 0.3) is 0 Å². The van der Waals surface area contributed by atoms with Gasteiger partial charge in [-0.25, -0.2) is 8.42 Å². The molecule has 0 unspecified atom stereocenters. The summed E-state index contributed by atoms with van der Waals surface area (Å²) in [5.74, 6) is 0. The number of sulfonamides is 1. The summed E-state index contributed by atoms with van der Waals surface area (Å²) in [5.41, 5.74) is 0.663. The second kappa shape index (κ2) is 5.69. The first kappa shape index (κ1) is 14.0. The molecule has 1 N–H and O–H groups in total. The topological polar surface area (TPSA) is 57.6 Å². The number of aliphatic hydroxyl groups is 1. The molecule has 1 aliphatic rings. The number of hydrogen-bond donors (Lipinski definition) is 1. The monoisotopic (exact) mass is 289 g/mol. The Labute approximate surface area is 112 Å². The molecular formula is C12H19NO3S2. The fourth-order valence-electron chi connectivity index (χ4n) is 2.35. The lowest BCUT2D eigenvalue weighted by Crippen LogP contribution is -2.37. The summed E-state index contributed by atoms with van der Waals surface area (Å²) in [4.78, 5) is 0. The molecule has 2 rings (SSSR count). The van der Waals surface area contributed by atoms with Crippen molar-refractivity contribution < 1.29 is 13.5 Å². The maximum Gasteiger partial charge on any atom is 0.252 e. The Kier molecular flexibility index (Phi) is 4.42. The van der Waals surface area contributed by atoms with Crippen LogP contribution in [0.5, 0.6) is 0 Å². The van der Waals surface area contributed by atoms with Crippen molar-refractivity contribution >= 4 is 21.4 Å². The van der Waals surface area contributed by atoms with Gasteiger partial charge in [-0.15, -0.1) is 11.3 Å². The lowest BCUT2D eigenvalue weighted by Gasteiger charge is -2.29. The molecule has 6 heteroatoms. The Balaban J connectivity index is 2.18. The third-order valence-electron chi connectivity index (χ3n) is 3.53. The van der Waals surface area contributed by atoms with Gasteiger partial charge in [-0.1, -0.05) is 19.3 Å². The van der Waals surface area contributed by atoms with Gasteiger partial charge in [-0.2, -0.15) is 4.31 Å². The standard InChI is InChI=1S/C12H19NO3S2/c1-13(11-5-3-2-4-6-11)18(15,16)12-7-10(8-14)9-17-12/h7,9,11,14H,2-6,8H2,1H3. The molecule has 0 amide bonds. The van der Waals surface area contributed by atoms with Crippen molar-refractivity contribution in [1.82, 2.24) is 4.31 Å². The number of hydrogen-bond acceptors (Lipinski definition) is 4. The molecule has 0 radical (unpaired) electrons. The Morgan fingerprint density at radius 1 is 1.39 bits per heavy atom. The first-order chi connectivity index (χ1) is 8.55. The minimum absolute atomic E-state index is 0.112. The first-order valence-corrected chi connectivity index (χ1v) is 8.54. The van der Waals surface area contributed by atoms with E-state index in [9.17, 15) is 8.42 Å². The van der Waals surface area contributed by atoms with E-state index in [0.29, 0.717) is 9.77 Å². The van der Waals surface area contributed by atoms with Gasteiger partial charge in [0.15, 0.2) is 0 Å². The van der Waals surface area contributed by atoms with Crippen LogP contribution in [-0.2, 0) is 16.6 Å². The van der Waals surface area contributed by atoms with Crippen molar-refractivity contribution in [2.24, 2.45) is 0 Å². The molecule has 4 nitrogen and oxygen atoms in total. The van der Waals surface area contributed by atoms with E-state index in [2.05, 4.69) is 0 Å². The maximum atomic E-state index is 12.4. The molecule has 0 saturated heterocycles. The molecule has 0 aliphatic heterocycles. The van der Waals surface area contributed by atoms with Gasteiger partial charge >= 0.3 is 0 Å². The third-order valence-corrected chi connectivity index (χ3v) is 6.91. The average Bonchev–Trinajstić information content (AvgIpc) is 2.88. The zero-order valence-corrected chi connectivity index (χ0v) is 12.1. The van der Waals surface area contributed by atoms with Crippen molar-refractivity contribution in [2.45, 2.75) is 49.0 Å². The van der Waals surface area contributed by atoms with E-state index in [4.69, 9.17) is 5.11 Å². The second-order valence-corrected chi connectivity index (χ2v) is 7.88. The molecule has 1 fully saturated rings. The Morgan fingerprint density at radius 3 is 2.61 bits per heavy atom. The summed E-state index contributed by atoms with van der Waals surface area (Å²) >= 11 is 1.18. The van der Waals surface area contributed by atoms with Crippen molar-refractivity contribution in [3.8, 4) is 0 Å². The maximum absolute atomic E-state index is 12.4. The van der Waals surface area contributed by atoms with Crippen LogP contribution in [0.2, 0.25) is 0 Å². The highest BCUT2D eigenvalue weighted by atomic mass is 32.2. The number of nitrogens with zero attached hydrogens (tertiary/aromatic N) is 1. The van der Waals surface area contributed by atoms with Crippen LogP contribution in [0.1, 0.15) is 37.7 Å². The van der Waals surface area contributed by atoms with Crippen LogP contribution < -0.4 is 0 Å². The molecule has 0 aromatic carbocycles. The van der Waals surface area contributed by atoms with Gasteiger partial charge in [0.05, 0.1) is 6.61 Å². The van der Waals surface area contributed by atoms with E-state index in [0.717, 1.165) is 25.7 Å². The lowest BCUT2D eigenvalue weighted by molar-refractivity contribution is 0.281. The Bertz CT molecular complexity index is 489. The fourth-order valence-corrected chi connectivity index (χ4v) is 5.15. The van der Waals surface area contributed by atoms with Gasteiger partial charge in [-0.3, -0.25) is 0 Å². The van der Waals surface area contributed by atoms with E-state index in [1.165, 1.54) is 22.1 Å². The van der Waals surface area contributed by atoms with Crippen molar-refractivity contribution in [3.63, 3.8) is 0 Å². The second-order valence-electron chi connectivity index (χ2n) is 4.75. The molecule has 0 bridgehead atoms. The predicted molar refractivity (Wildman–Crippen MR) is 72.1 cm³/mol. The summed E-state index contributed by atoms with van der Waals surface area (Å²) in [6, 6.07) is 1.70. The fraction of sp³-hybridized carbons (Fsp3) is 0.667. The molecule has 1 heterocycles. The van der Waals surface area contributed by atoms with Crippen molar-refractivity contribution in [1.29, 1.82) is 0 Å². The molecule has 102 valence electrons. The highest BCUT2D eigenvalue weighted by molar-refractivity contribution is 7.91. The normalized spacial score (nSPS) is 18.4. The molecule has 1 aromatic rings. The van der Waals surface area contributed by atoms with Crippen LogP contribution in [-0.4, -0.2) is 30.9 Å². The summed E-state index contributed by atoms with van der Waals surface area (Å²) in [6.07, 6.45) is 5.33. The number of rotatable bonds is 4.